The first-order valence-corrected chi connectivity index (χ1v) is 11.4. The minimum absolute atomic E-state index is 0.0125. The molecule has 34 heavy (non-hydrogen) atoms. The van der Waals surface area contributed by atoms with E-state index in [1.165, 1.54) is 35.6 Å². The summed E-state index contributed by atoms with van der Waals surface area (Å²) in [6.07, 6.45) is 0.137. The Hall–Kier alpha value is -3.38. The number of nitro benzene ring substituents is 1. The summed E-state index contributed by atoms with van der Waals surface area (Å²) in [4.78, 5) is 35.8. The number of amides is 2. The Bertz CT molecular complexity index is 1130. The van der Waals surface area contributed by atoms with Crippen LogP contribution in [0.1, 0.15) is 35.2 Å². The second-order valence-electron chi connectivity index (χ2n) is 7.41. The van der Waals surface area contributed by atoms with Gasteiger partial charge in [0.15, 0.2) is 0 Å². The van der Waals surface area contributed by atoms with Crippen LogP contribution in [0.2, 0.25) is 0 Å². The Morgan fingerprint density at radius 1 is 1.15 bits per heavy atom. The van der Waals surface area contributed by atoms with Crippen molar-refractivity contribution in [2.75, 3.05) is 20.0 Å². The number of ether oxygens (including phenoxy) is 2. The van der Waals surface area contributed by atoms with Gasteiger partial charge >= 0.3 is 0 Å². The summed E-state index contributed by atoms with van der Waals surface area (Å²) in [5, 5.41) is 25.8. The van der Waals surface area contributed by atoms with Gasteiger partial charge in [0.2, 0.25) is 0 Å². The third-order valence-corrected chi connectivity index (χ3v) is 6.18. The van der Waals surface area contributed by atoms with E-state index in [4.69, 9.17) is 9.47 Å². The molecule has 0 aliphatic rings. The van der Waals surface area contributed by atoms with Gasteiger partial charge in [-0.2, -0.15) is 0 Å². The van der Waals surface area contributed by atoms with Gasteiger partial charge in [-0.05, 0) is 47.9 Å². The minimum Gasteiger partial charge on any atom is -0.356 e. The number of hydroxylamine groups is 1. The second kappa shape index (κ2) is 12.2. The van der Waals surface area contributed by atoms with Crippen molar-refractivity contribution in [3.05, 3.63) is 75.2 Å². The van der Waals surface area contributed by atoms with Crippen molar-refractivity contribution in [3.63, 3.8) is 0 Å². The summed E-state index contributed by atoms with van der Waals surface area (Å²) in [6.45, 7) is 2.34. The molecule has 3 N–H and O–H groups in total. The number of non-ortho nitro benzene ring substituents is 1. The highest BCUT2D eigenvalue weighted by molar-refractivity contribution is 7.17. The van der Waals surface area contributed by atoms with Crippen LogP contribution in [-0.2, 0) is 14.3 Å². The zero-order chi connectivity index (χ0) is 24.5. The van der Waals surface area contributed by atoms with Gasteiger partial charge in [-0.1, -0.05) is 18.2 Å². The van der Waals surface area contributed by atoms with E-state index in [-0.39, 0.29) is 31.1 Å². The third-order valence-electron chi connectivity index (χ3n) is 5.20. The number of fused-ring (bicyclic) bond motifs is 1. The molecule has 0 aliphatic heterocycles. The molecule has 1 heterocycles. The maximum absolute atomic E-state index is 12.8. The highest BCUT2D eigenvalue weighted by Crippen LogP contribution is 2.34. The second-order valence-corrected chi connectivity index (χ2v) is 8.32. The molecule has 2 atom stereocenters. The molecule has 2 aromatic carbocycles. The number of carbonyl (C=O) groups excluding carboxylic acids is 2. The van der Waals surface area contributed by atoms with Gasteiger partial charge in [0.25, 0.3) is 17.5 Å². The summed E-state index contributed by atoms with van der Waals surface area (Å²) in [7, 11) is 0. The van der Waals surface area contributed by atoms with Crippen LogP contribution in [-0.4, -0.2) is 48.0 Å². The van der Waals surface area contributed by atoms with Gasteiger partial charge in [0, 0.05) is 29.0 Å². The van der Waals surface area contributed by atoms with Gasteiger partial charge in [-0.15, -0.1) is 11.3 Å². The molecular weight excluding hydrogens is 462 g/mol. The standard InChI is InChI=1S/C23H25N3O7S/c1-2-32-14-33-12-16(24-22(27)15-7-9-17(10-8-15)26(30)31)11-19(23(28)25-29)20-13-34-21-6-4-3-5-18(20)21/h3-10,13,16,19,29H,2,11-12,14H2,1H3,(H,24,27)(H,25,28). The zero-order valence-electron chi connectivity index (χ0n) is 18.4. The summed E-state index contributed by atoms with van der Waals surface area (Å²) >= 11 is 1.48. The van der Waals surface area contributed by atoms with E-state index in [2.05, 4.69) is 5.32 Å². The highest BCUT2D eigenvalue weighted by Gasteiger charge is 2.28. The van der Waals surface area contributed by atoms with Gasteiger partial charge in [-0.25, -0.2) is 5.48 Å². The first-order chi connectivity index (χ1) is 16.4. The lowest BCUT2D eigenvalue weighted by molar-refractivity contribution is -0.384. The number of hydrogen-bond acceptors (Lipinski definition) is 8. The predicted molar refractivity (Wildman–Crippen MR) is 126 cm³/mol. The number of benzene rings is 2. The van der Waals surface area contributed by atoms with Crippen molar-refractivity contribution in [2.24, 2.45) is 0 Å². The molecule has 0 aliphatic carbocycles. The van der Waals surface area contributed by atoms with E-state index in [9.17, 15) is 24.9 Å². The van der Waals surface area contributed by atoms with E-state index >= 15 is 0 Å². The van der Waals surface area contributed by atoms with Crippen LogP contribution >= 0.6 is 11.3 Å². The molecule has 0 bridgehead atoms. The van der Waals surface area contributed by atoms with E-state index in [1.807, 2.05) is 36.6 Å². The predicted octanol–water partition coefficient (Wildman–Crippen LogP) is 3.60. The van der Waals surface area contributed by atoms with Crippen LogP contribution in [0.5, 0.6) is 0 Å². The molecule has 180 valence electrons. The van der Waals surface area contributed by atoms with Crippen molar-refractivity contribution in [2.45, 2.75) is 25.3 Å². The Kier molecular flexibility index (Phi) is 9.05. The van der Waals surface area contributed by atoms with Crippen LogP contribution in [0.25, 0.3) is 10.1 Å². The summed E-state index contributed by atoms with van der Waals surface area (Å²) in [5.74, 6) is -1.85. The highest BCUT2D eigenvalue weighted by atomic mass is 32.1. The number of nitrogens with one attached hydrogen (secondary N) is 2. The molecule has 0 saturated carbocycles. The first-order valence-electron chi connectivity index (χ1n) is 10.6. The molecule has 0 fully saturated rings. The Labute approximate surface area is 199 Å². The van der Waals surface area contributed by atoms with Crippen molar-refractivity contribution >= 4 is 38.9 Å². The van der Waals surface area contributed by atoms with Crippen molar-refractivity contribution < 1.29 is 29.2 Å². The average molecular weight is 488 g/mol. The molecule has 1 aromatic heterocycles. The molecule has 10 nitrogen and oxygen atoms in total. The number of nitrogens with zero attached hydrogens (tertiary/aromatic N) is 1. The summed E-state index contributed by atoms with van der Waals surface area (Å²) in [5.41, 5.74) is 2.55. The number of hydrogen-bond donors (Lipinski definition) is 3. The Balaban J connectivity index is 1.82. The van der Waals surface area contributed by atoms with Crippen LogP contribution in [0.3, 0.4) is 0 Å². The maximum Gasteiger partial charge on any atom is 0.269 e. The normalized spacial score (nSPS) is 12.8. The van der Waals surface area contributed by atoms with E-state index < -0.39 is 28.7 Å². The number of nitro groups is 1. The average Bonchev–Trinajstić information content (AvgIpc) is 3.28. The van der Waals surface area contributed by atoms with Gasteiger partial charge in [0.05, 0.1) is 23.5 Å². The van der Waals surface area contributed by atoms with Crippen molar-refractivity contribution in [1.29, 1.82) is 0 Å². The smallest absolute Gasteiger partial charge is 0.269 e. The van der Waals surface area contributed by atoms with Crippen LogP contribution < -0.4 is 10.8 Å². The lowest BCUT2D eigenvalue weighted by Gasteiger charge is -2.23. The third kappa shape index (κ3) is 6.35. The molecule has 3 rings (SSSR count). The minimum atomic E-state index is -0.765. The SMILES string of the molecule is CCOCOCC(CC(C(=O)NO)c1csc2ccccc12)NC(=O)c1ccc([N+](=O)[O-])cc1. The number of rotatable bonds is 12. The lowest BCUT2D eigenvalue weighted by Crippen LogP contribution is -2.41. The zero-order valence-corrected chi connectivity index (χ0v) is 19.2. The molecule has 11 heteroatoms. The number of thiophene rings is 1. The van der Waals surface area contributed by atoms with Crippen molar-refractivity contribution in [3.8, 4) is 0 Å². The van der Waals surface area contributed by atoms with E-state index in [0.29, 0.717) is 6.61 Å². The Morgan fingerprint density at radius 3 is 2.56 bits per heavy atom. The van der Waals surface area contributed by atoms with Gasteiger partial charge in [0.1, 0.15) is 6.79 Å². The topological polar surface area (TPSA) is 140 Å². The van der Waals surface area contributed by atoms with Crippen LogP contribution in [0.15, 0.2) is 53.9 Å². The molecule has 2 unspecified atom stereocenters. The quantitative estimate of drug-likeness (QED) is 0.117. The molecule has 0 radical (unpaired) electrons. The van der Waals surface area contributed by atoms with Crippen LogP contribution in [0.4, 0.5) is 5.69 Å². The monoisotopic (exact) mass is 487 g/mol. The fourth-order valence-electron chi connectivity index (χ4n) is 3.51. The summed E-state index contributed by atoms with van der Waals surface area (Å²) in [6, 6.07) is 12.2. The van der Waals surface area contributed by atoms with Gasteiger partial charge in [-0.3, -0.25) is 24.9 Å². The molecule has 0 saturated heterocycles. The first kappa shape index (κ1) is 25.2. The molecular formula is C23H25N3O7S. The number of carbonyl (C=O) groups is 2. The molecule has 0 spiro atoms. The van der Waals surface area contributed by atoms with Crippen molar-refractivity contribution in [1.82, 2.24) is 10.8 Å². The molecule has 2 amide bonds. The lowest BCUT2D eigenvalue weighted by atomic mass is 9.91. The molecule has 3 aromatic rings. The Morgan fingerprint density at radius 2 is 1.88 bits per heavy atom. The van der Waals surface area contributed by atoms with Crippen LogP contribution in [0, 0.1) is 10.1 Å². The van der Waals surface area contributed by atoms with E-state index in [0.717, 1.165) is 15.6 Å². The fraction of sp³-hybridized carbons (Fsp3) is 0.304. The largest absolute Gasteiger partial charge is 0.356 e. The maximum atomic E-state index is 12.8. The summed E-state index contributed by atoms with van der Waals surface area (Å²) < 4.78 is 11.7. The van der Waals surface area contributed by atoms with E-state index in [1.54, 1.807) is 5.48 Å². The fourth-order valence-corrected chi connectivity index (χ4v) is 4.53. The van der Waals surface area contributed by atoms with Gasteiger partial charge < -0.3 is 14.8 Å².